The minimum absolute atomic E-state index is 0.0484. The van der Waals surface area contributed by atoms with Crippen molar-refractivity contribution in [3.63, 3.8) is 0 Å². The first-order valence-corrected chi connectivity index (χ1v) is 9.11. The van der Waals surface area contributed by atoms with E-state index in [0.717, 1.165) is 17.6 Å². The maximum Gasteiger partial charge on any atom is 0.422 e. The van der Waals surface area contributed by atoms with Crippen molar-refractivity contribution in [2.45, 2.75) is 31.7 Å². The van der Waals surface area contributed by atoms with Gasteiger partial charge in [0.05, 0.1) is 7.11 Å². The van der Waals surface area contributed by atoms with Crippen LogP contribution in [0.2, 0.25) is 0 Å². The monoisotopic (exact) mass is 445 g/mol. The summed E-state index contributed by atoms with van der Waals surface area (Å²) in [5, 5.41) is 0. The van der Waals surface area contributed by atoms with Crippen LogP contribution >= 0.6 is 0 Å². The number of carbonyl (C=O) groups is 2. The van der Waals surface area contributed by atoms with Crippen LogP contribution < -0.4 is 0 Å². The van der Waals surface area contributed by atoms with Crippen LogP contribution in [0.15, 0.2) is 42.5 Å². The molecular weight excluding hydrogens is 425 g/mol. The molecule has 31 heavy (non-hydrogen) atoms. The predicted molar refractivity (Wildman–Crippen MR) is 99.9 cm³/mol. The highest BCUT2D eigenvalue weighted by Gasteiger charge is 2.38. The molecule has 0 heterocycles. The van der Waals surface area contributed by atoms with E-state index in [0.29, 0.717) is 12.1 Å². The van der Waals surface area contributed by atoms with Gasteiger partial charge in [-0.25, -0.2) is 18.4 Å². The first-order valence-electron chi connectivity index (χ1n) is 9.11. The van der Waals surface area contributed by atoms with Gasteiger partial charge in [-0.1, -0.05) is 30.3 Å². The van der Waals surface area contributed by atoms with Crippen LogP contribution in [0.1, 0.15) is 23.1 Å². The van der Waals surface area contributed by atoms with Crippen LogP contribution in [0.3, 0.4) is 0 Å². The van der Waals surface area contributed by atoms with Crippen LogP contribution in [0.5, 0.6) is 0 Å². The van der Waals surface area contributed by atoms with Crippen molar-refractivity contribution in [1.82, 2.24) is 4.90 Å². The molecule has 0 aliphatic rings. The number of alkyl halides is 3. The largest absolute Gasteiger partial charge is 0.467 e. The van der Waals surface area contributed by atoms with E-state index < -0.39 is 41.5 Å². The van der Waals surface area contributed by atoms with Gasteiger partial charge >= 0.3 is 18.2 Å². The van der Waals surface area contributed by atoms with Gasteiger partial charge in [-0.2, -0.15) is 13.2 Å². The second kappa shape index (κ2) is 10.2. The number of rotatable bonds is 7. The number of methoxy groups -OCH3 is 1. The van der Waals surface area contributed by atoms with E-state index >= 15 is 0 Å². The van der Waals surface area contributed by atoms with Crippen molar-refractivity contribution in [1.29, 1.82) is 0 Å². The number of amides is 1. The Kier molecular flexibility index (Phi) is 7.95. The molecule has 5 nitrogen and oxygen atoms in total. The van der Waals surface area contributed by atoms with E-state index in [1.807, 2.05) is 0 Å². The average Bonchev–Trinajstić information content (AvgIpc) is 2.70. The highest BCUT2D eigenvalue weighted by Crippen LogP contribution is 2.34. The number of aryl methyl sites for hydroxylation is 1. The Morgan fingerprint density at radius 2 is 1.61 bits per heavy atom. The maximum absolute atomic E-state index is 13.8. The van der Waals surface area contributed by atoms with Crippen molar-refractivity contribution in [3.05, 3.63) is 70.8 Å². The van der Waals surface area contributed by atoms with Crippen molar-refractivity contribution in [3.8, 4) is 0 Å². The number of likely N-dealkylation sites (N-methyl/N-ethyl adjacent to an activating group) is 1. The fourth-order valence-electron chi connectivity index (χ4n) is 2.90. The number of carbonyl (C=O) groups excluding carboxylic acids is 2. The van der Waals surface area contributed by atoms with E-state index in [2.05, 4.69) is 4.74 Å². The van der Waals surface area contributed by atoms with E-state index in [1.165, 1.54) is 7.05 Å². The lowest BCUT2D eigenvalue weighted by Crippen LogP contribution is -2.43. The minimum Gasteiger partial charge on any atom is -0.467 e. The van der Waals surface area contributed by atoms with Gasteiger partial charge < -0.3 is 9.47 Å². The topological polar surface area (TPSA) is 55.8 Å². The summed E-state index contributed by atoms with van der Waals surface area (Å²) in [6.45, 7) is -0.0484. The van der Waals surface area contributed by atoms with E-state index in [9.17, 15) is 31.5 Å². The second-order valence-electron chi connectivity index (χ2n) is 6.66. The molecule has 0 N–H and O–H groups in total. The summed E-state index contributed by atoms with van der Waals surface area (Å²) in [6, 6.07) is 8.69. The van der Waals surface area contributed by atoms with Crippen LogP contribution in [0.25, 0.3) is 0 Å². The molecule has 0 radical (unpaired) electrons. The lowest BCUT2D eigenvalue weighted by molar-refractivity contribution is -0.146. The summed E-state index contributed by atoms with van der Waals surface area (Å²) in [5.41, 5.74) is -1.38. The predicted octanol–water partition coefficient (Wildman–Crippen LogP) is 4.73. The van der Waals surface area contributed by atoms with Gasteiger partial charge in [0.25, 0.3) is 0 Å². The van der Waals surface area contributed by atoms with Crippen molar-refractivity contribution < 1.29 is 41.0 Å². The zero-order valence-corrected chi connectivity index (χ0v) is 16.7. The molecule has 1 unspecified atom stereocenters. The Hall–Kier alpha value is -3.17. The molecule has 168 valence electrons. The van der Waals surface area contributed by atoms with Crippen molar-refractivity contribution >= 4 is 12.1 Å². The molecule has 0 saturated heterocycles. The van der Waals surface area contributed by atoms with E-state index in [4.69, 9.17) is 4.74 Å². The molecule has 0 aliphatic heterocycles. The highest BCUT2D eigenvalue weighted by molar-refractivity contribution is 5.81. The first kappa shape index (κ1) is 24.1. The summed E-state index contributed by atoms with van der Waals surface area (Å²) >= 11 is 0. The van der Waals surface area contributed by atoms with Crippen molar-refractivity contribution in [2.75, 3.05) is 14.2 Å². The van der Waals surface area contributed by atoms with Gasteiger partial charge in [0, 0.05) is 7.05 Å². The van der Waals surface area contributed by atoms with E-state index in [-0.39, 0.29) is 25.0 Å². The number of hydrogen-bond acceptors (Lipinski definition) is 4. The number of halogens is 5. The van der Waals surface area contributed by atoms with E-state index in [1.54, 1.807) is 30.3 Å². The number of benzene rings is 2. The zero-order valence-electron chi connectivity index (χ0n) is 16.7. The molecular formula is C21H20F5NO4. The Morgan fingerprint density at radius 3 is 2.13 bits per heavy atom. The number of ether oxygens (including phenoxy) is 2. The van der Waals surface area contributed by atoms with Gasteiger partial charge in [0.1, 0.15) is 29.8 Å². The summed E-state index contributed by atoms with van der Waals surface area (Å²) in [6.07, 6.45) is -6.37. The van der Waals surface area contributed by atoms with Crippen LogP contribution in [0.4, 0.5) is 26.7 Å². The second-order valence-corrected chi connectivity index (χ2v) is 6.66. The lowest BCUT2D eigenvalue weighted by atomic mass is 10.0. The molecule has 1 amide bonds. The third-order valence-corrected chi connectivity index (χ3v) is 4.53. The molecule has 2 aromatic rings. The van der Waals surface area contributed by atoms with Gasteiger partial charge in [0.15, 0.2) is 0 Å². The first-order chi connectivity index (χ1) is 14.5. The zero-order chi connectivity index (χ0) is 23.2. The highest BCUT2D eigenvalue weighted by atomic mass is 19.4. The summed E-state index contributed by atoms with van der Waals surface area (Å²) in [4.78, 5) is 25.4. The molecule has 2 rings (SSSR count). The quantitative estimate of drug-likeness (QED) is 0.457. The molecule has 2 aromatic carbocycles. The Balaban J connectivity index is 2.09. The Morgan fingerprint density at radius 1 is 1.03 bits per heavy atom. The number of nitrogens with zero attached hydrogens (tertiary/aromatic N) is 1. The van der Waals surface area contributed by atoms with Crippen LogP contribution in [-0.2, 0) is 33.5 Å². The Labute approximate surface area is 175 Å². The Bertz CT molecular complexity index is 895. The molecule has 0 aliphatic carbocycles. The fraction of sp³-hybridized carbons (Fsp3) is 0.333. The van der Waals surface area contributed by atoms with Gasteiger partial charge in [0.2, 0.25) is 0 Å². The number of esters is 1. The summed E-state index contributed by atoms with van der Waals surface area (Å²) in [5.74, 6) is -4.33. The van der Waals surface area contributed by atoms with Gasteiger partial charge in [-0.15, -0.1) is 0 Å². The lowest BCUT2D eigenvalue weighted by Gasteiger charge is -2.25. The minimum atomic E-state index is -5.18. The number of hydrogen-bond donors (Lipinski definition) is 0. The standard InChI is InChI=1S/C21H20F5NO4/c1-27(20(29)31-12-13-6-4-3-5-7-13)17(19(28)30-2)9-8-14-10-15(22)18(16(23)11-14)21(24,25)26/h3-7,10-11,17H,8-9,12H2,1-2H3. The van der Waals surface area contributed by atoms with Gasteiger partial charge in [-0.3, -0.25) is 4.90 Å². The van der Waals surface area contributed by atoms with Gasteiger partial charge in [-0.05, 0) is 36.1 Å². The molecule has 0 aromatic heterocycles. The molecule has 0 bridgehead atoms. The summed E-state index contributed by atoms with van der Waals surface area (Å²) in [7, 11) is 2.37. The SMILES string of the molecule is COC(=O)C(CCc1cc(F)c(C(F)(F)F)c(F)c1)N(C)C(=O)OCc1ccccc1. The smallest absolute Gasteiger partial charge is 0.422 e. The molecule has 10 heteroatoms. The fourth-order valence-corrected chi connectivity index (χ4v) is 2.90. The molecule has 1 atom stereocenters. The van der Waals surface area contributed by atoms with Crippen LogP contribution in [0, 0.1) is 11.6 Å². The third kappa shape index (κ3) is 6.40. The summed E-state index contributed by atoms with van der Waals surface area (Å²) < 4.78 is 75.4. The molecule has 0 fully saturated rings. The van der Waals surface area contributed by atoms with Crippen molar-refractivity contribution in [2.24, 2.45) is 0 Å². The normalized spacial score (nSPS) is 12.2. The maximum atomic E-state index is 13.8. The molecule has 0 saturated carbocycles. The molecule has 0 spiro atoms. The average molecular weight is 445 g/mol. The third-order valence-electron chi connectivity index (χ3n) is 4.53. The van der Waals surface area contributed by atoms with Crippen LogP contribution in [-0.4, -0.2) is 37.2 Å².